The largest absolute Gasteiger partial charge is 0.503 e. The van der Waals surface area contributed by atoms with Crippen LogP contribution in [-0.4, -0.2) is 15.1 Å². The molecule has 0 fully saturated rings. The number of fused-ring (bicyclic) bond motifs is 1. The van der Waals surface area contributed by atoms with Gasteiger partial charge in [-0.05, 0) is 11.5 Å². The van der Waals surface area contributed by atoms with Crippen LogP contribution in [0.15, 0.2) is 53.7 Å². The van der Waals surface area contributed by atoms with E-state index in [9.17, 15) is 9.90 Å². The number of aromatic hydroxyl groups is 1. The van der Waals surface area contributed by atoms with Crippen LogP contribution in [0, 0.1) is 0 Å². The molecular weight excluding hydrogens is 228 g/mol. The fraction of sp³-hybridized carbons (Fsp3) is 0. The van der Waals surface area contributed by atoms with E-state index in [2.05, 4.69) is 9.97 Å². The highest BCUT2D eigenvalue weighted by Crippen LogP contribution is 2.27. The number of nitrogens with one attached hydrogen (secondary N) is 1. The van der Waals surface area contributed by atoms with Crippen LogP contribution in [0.3, 0.4) is 0 Å². The molecule has 0 aliphatic heterocycles. The van der Waals surface area contributed by atoms with E-state index in [4.69, 9.17) is 0 Å². The molecule has 0 aliphatic carbocycles. The molecule has 18 heavy (non-hydrogen) atoms. The van der Waals surface area contributed by atoms with Crippen LogP contribution in [-0.2, 0) is 0 Å². The van der Waals surface area contributed by atoms with Crippen LogP contribution in [0.2, 0.25) is 0 Å². The molecule has 2 N–H and O–H groups in total. The molecular formula is C14H10N2O2. The quantitative estimate of drug-likeness (QED) is 0.683. The third-order valence-electron chi connectivity index (χ3n) is 2.86. The minimum Gasteiger partial charge on any atom is -0.503 e. The van der Waals surface area contributed by atoms with E-state index in [-0.39, 0.29) is 5.75 Å². The molecule has 0 aliphatic rings. The Morgan fingerprint density at radius 1 is 1.17 bits per heavy atom. The number of benzene rings is 1. The second-order valence-electron chi connectivity index (χ2n) is 4.01. The van der Waals surface area contributed by atoms with E-state index in [1.807, 2.05) is 24.3 Å². The Kier molecular flexibility index (Phi) is 2.34. The van der Waals surface area contributed by atoms with Crippen molar-refractivity contribution in [1.82, 2.24) is 9.97 Å². The molecule has 3 aromatic rings. The van der Waals surface area contributed by atoms with Crippen molar-refractivity contribution in [1.29, 1.82) is 0 Å². The van der Waals surface area contributed by atoms with Crippen molar-refractivity contribution >= 4 is 10.8 Å². The van der Waals surface area contributed by atoms with Crippen LogP contribution in [0.4, 0.5) is 0 Å². The monoisotopic (exact) mass is 238 g/mol. The van der Waals surface area contributed by atoms with Gasteiger partial charge in [0.1, 0.15) is 0 Å². The van der Waals surface area contributed by atoms with E-state index in [1.165, 1.54) is 6.07 Å². The summed E-state index contributed by atoms with van der Waals surface area (Å²) < 4.78 is 0. The summed E-state index contributed by atoms with van der Waals surface area (Å²) in [6.07, 6.45) is 5.07. The van der Waals surface area contributed by atoms with Gasteiger partial charge in [-0.2, -0.15) is 0 Å². The number of nitrogens with zero attached hydrogens (tertiary/aromatic N) is 1. The summed E-state index contributed by atoms with van der Waals surface area (Å²) in [6, 6.07) is 9.28. The predicted molar refractivity (Wildman–Crippen MR) is 69.5 cm³/mol. The molecule has 2 heterocycles. The molecule has 4 nitrogen and oxygen atoms in total. The Hall–Kier alpha value is -2.62. The minimum absolute atomic E-state index is 0.291. The molecule has 0 atom stereocenters. The molecule has 3 rings (SSSR count). The highest BCUT2D eigenvalue weighted by Gasteiger charge is 2.06. The first kappa shape index (κ1) is 10.5. The van der Waals surface area contributed by atoms with Gasteiger partial charge in [-0.3, -0.25) is 9.78 Å². The summed E-state index contributed by atoms with van der Waals surface area (Å²) in [7, 11) is 0. The smallest absolute Gasteiger partial charge is 0.290 e. The van der Waals surface area contributed by atoms with E-state index in [0.717, 1.165) is 21.9 Å². The SMILES string of the molecule is O=c1[nH]cc(-c2cncc3ccccc23)cc1O. The van der Waals surface area contributed by atoms with Crippen LogP contribution < -0.4 is 5.56 Å². The molecule has 0 amide bonds. The standard InChI is InChI=1S/C14H10N2O2/c17-13-5-10(7-16-14(13)18)12-8-15-6-9-3-1-2-4-11(9)12/h1-8,17H,(H,16,18). The zero-order chi connectivity index (χ0) is 12.5. The van der Waals surface area contributed by atoms with Gasteiger partial charge in [-0.25, -0.2) is 0 Å². The highest BCUT2D eigenvalue weighted by atomic mass is 16.3. The molecule has 0 saturated carbocycles. The number of rotatable bonds is 1. The normalized spacial score (nSPS) is 10.7. The Bertz CT molecular complexity index is 773. The number of aromatic amines is 1. The lowest BCUT2D eigenvalue weighted by molar-refractivity contribution is 0.467. The zero-order valence-corrected chi connectivity index (χ0v) is 9.42. The first-order valence-corrected chi connectivity index (χ1v) is 5.50. The summed E-state index contributed by atoms with van der Waals surface area (Å²) in [5.41, 5.74) is 1.11. The van der Waals surface area contributed by atoms with Gasteiger partial charge in [0, 0.05) is 35.1 Å². The number of pyridine rings is 2. The second-order valence-corrected chi connectivity index (χ2v) is 4.01. The minimum atomic E-state index is -0.494. The van der Waals surface area contributed by atoms with Crippen molar-refractivity contribution in [3.05, 3.63) is 59.3 Å². The Balaban J connectivity index is 2.31. The molecule has 88 valence electrons. The van der Waals surface area contributed by atoms with E-state index < -0.39 is 5.56 Å². The third-order valence-corrected chi connectivity index (χ3v) is 2.86. The van der Waals surface area contributed by atoms with Crippen LogP contribution in [0.1, 0.15) is 0 Å². The van der Waals surface area contributed by atoms with Gasteiger partial charge in [-0.1, -0.05) is 24.3 Å². The number of H-pyrrole nitrogens is 1. The fourth-order valence-corrected chi connectivity index (χ4v) is 1.97. The van der Waals surface area contributed by atoms with Crippen molar-refractivity contribution in [3.8, 4) is 16.9 Å². The van der Waals surface area contributed by atoms with Gasteiger partial charge in [-0.15, -0.1) is 0 Å². The van der Waals surface area contributed by atoms with Crippen molar-refractivity contribution in [3.63, 3.8) is 0 Å². The molecule has 0 saturated heterocycles. The van der Waals surface area contributed by atoms with Gasteiger partial charge < -0.3 is 10.1 Å². The Morgan fingerprint density at radius 3 is 2.83 bits per heavy atom. The lowest BCUT2D eigenvalue weighted by Gasteiger charge is -2.05. The third kappa shape index (κ3) is 1.64. The Morgan fingerprint density at radius 2 is 2.00 bits per heavy atom. The number of aromatic nitrogens is 2. The van der Waals surface area contributed by atoms with Crippen molar-refractivity contribution in [2.24, 2.45) is 0 Å². The summed E-state index contributed by atoms with van der Waals surface area (Å²) in [6.45, 7) is 0. The second kappa shape index (κ2) is 4.00. The average Bonchev–Trinajstić information content (AvgIpc) is 2.41. The maximum atomic E-state index is 11.1. The van der Waals surface area contributed by atoms with Crippen molar-refractivity contribution in [2.45, 2.75) is 0 Å². The molecule has 0 unspecified atom stereocenters. The highest BCUT2D eigenvalue weighted by molar-refractivity contribution is 5.95. The summed E-state index contributed by atoms with van der Waals surface area (Å²) in [4.78, 5) is 17.8. The summed E-state index contributed by atoms with van der Waals surface area (Å²) in [5, 5.41) is 11.5. The fourth-order valence-electron chi connectivity index (χ4n) is 1.97. The van der Waals surface area contributed by atoms with Crippen molar-refractivity contribution < 1.29 is 5.11 Å². The predicted octanol–water partition coefficient (Wildman–Crippen LogP) is 2.30. The lowest BCUT2D eigenvalue weighted by Crippen LogP contribution is -2.03. The van der Waals surface area contributed by atoms with Gasteiger partial charge >= 0.3 is 0 Å². The Labute approximate surface area is 103 Å². The van der Waals surface area contributed by atoms with Crippen LogP contribution in [0.5, 0.6) is 5.75 Å². The first-order valence-electron chi connectivity index (χ1n) is 5.50. The number of hydrogen-bond donors (Lipinski definition) is 2. The number of hydrogen-bond acceptors (Lipinski definition) is 3. The first-order chi connectivity index (χ1) is 8.75. The van der Waals surface area contributed by atoms with Gasteiger partial charge in [0.15, 0.2) is 5.75 Å². The van der Waals surface area contributed by atoms with Gasteiger partial charge in [0.25, 0.3) is 5.56 Å². The average molecular weight is 238 g/mol. The molecule has 0 spiro atoms. The topological polar surface area (TPSA) is 66.0 Å². The van der Waals surface area contributed by atoms with E-state index in [1.54, 1.807) is 18.6 Å². The maximum Gasteiger partial charge on any atom is 0.290 e. The van der Waals surface area contributed by atoms with Gasteiger partial charge in [0.2, 0.25) is 0 Å². The van der Waals surface area contributed by atoms with E-state index in [0.29, 0.717) is 0 Å². The molecule has 4 heteroatoms. The van der Waals surface area contributed by atoms with Crippen LogP contribution >= 0.6 is 0 Å². The molecule has 0 bridgehead atoms. The van der Waals surface area contributed by atoms with Crippen molar-refractivity contribution in [2.75, 3.05) is 0 Å². The maximum absolute atomic E-state index is 11.1. The molecule has 0 radical (unpaired) electrons. The van der Waals surface area contributed by atoms with Crippen LogP contribution in [0.25, 0.3) is 21.9 Å². The molecule has 1 aromatic carbocycles. The molecule has 2 aromatic heterocycles. The summed E-state index contributed by atoms with van der Waals surface area (Å²) >= 11 is 0. The lowest BCUT2D eigenvalue weighted by atomic mass is 10.0. The summed E-state index contributed by atoms with van der Waals surface area (Å²) in [5.74, 6) is -0.291. The van der Waals surface area contributed by atoms with E-state index >= 15 is 0 Å². The zero-order valence-electron chi connectivity index (χ0n) is 9.42. The van der Waals surface area contributed by atoms with Gasteiger partial charge in [0.05, 0.1) is 0 Å².